The average Bonchev–Trinajstić information content (AvgIpc) is 3.30. The van der Waals surface area contributed by atoms with Crippen molar-refractivity contribution in [1.82, 2.24) is 20.0 Å². The molecule has 192 valence electrons. The maximum absolute atomic E-state index is 13.4. The zero-order chi connectivity index (χ0) is 25.8. The standard InChI is InChI=1S/C28H37N5O3/c1-7-36-26-15-21(14-25(27(26)35-6)22-17-29-32(5)18-22)20(3)30-28(34)24-16-23(9-8-19(24)2)33-12-10-31(4)11-13-33/h8-9,14-18,20H,7,10-13H2,1-6H3,(H,30,34)/t20-/m1/s1. The predicted octanol–water partition coefficient (Wildman–Crippen LogP) is 4.05. The average molecular weight is 492 g/mol. The number of carbonyl (C=O) groups excluding carboxylic acids is 1. The van der Waals surface area contributed by atoms with Crippen molar-refractivity contribution in [3.8, 4) is 22.6 Å². The van der Waals surface area contributed by atoms with E-state index in [-0.39, 0.29) is 11.9 Å². The van der Waals surface area contributed by atoms with Gasteiger partial charge in [0, 0.05) is 61.8 Å². The fourth-order valence-electron chi connectivity index (χ4n) is 4.60. The van der Waals surface area contributed by atoms with Crippen LogP contribution in [0, 0.1) is 6.92 Å². The van der Waals surface area contributed by atoms with Gasteiger partial charge in [0.2, 0.25) is 0 Å². The van der Waals surface area contributed by atoms with E-state index in [1.807, 2.05) is 58.3 Å². The Balaban J connectivity index is 1.61. The Morgan fingerprint density at radius 1 is 1.14 bits per heavy atom. The predicted molar refractivity (Wildman–Crippen MR) is 143 cm³/mol. The number of amides is 1. The highest BCUT2D eigenvalue weighted by Crippen LogP contribution is 2.40. The largest absolute Gasteiger partial charge is 0.492 e. The van der Waals surface area contributed by atoms with Crippen molar-refractivity contribution in [1.29, 1.82) is 0 Å². The van der Waals surface area contributed by atoms with Crippen LogP contribution < -0.4 is 19.7 Å². The molecule has 1 fully saturated rings. The maximum Gasteiger partial charge on any atom is 0.252 e. The summed E-state index contributed by atoms with van der Waals surface area (Å²) in [5, 5.41) is 7.51. The molecular formula is C28H37N5O3. The van der Waals surface area contributed by atoms with Gasteiger partial charge >= 0.3 is 0 Å². The third-order valence-electron chi connectivity index (χ3n) is 6.78. The van der Waals surface area contributed by atoms with Crippen LogP contribution in [0.2, 0.25) is 0 Å². The Hall–Kier alpha value is -3.52. The van der Waals surface area contributed by atoms with E-state index in [1.54, 1.807) is 18.0 Å². The molecule has 1 aromatic heterocycles. The van der Waals surface area contributed by atoms with Gasteiger partial charge in [-0.1, -0.05) is 6.07 Å². The van der Waals surface area contributed by atoms with Crippen LogP contribution in [-0.4, -0.2) is 67.5 Å². The van der Waals surface area contributed by atoms with Gasteiger partial charge in [-0.25, -0.2) is 0 Å². The van der Waals surface area contributed by atoms with Crippen LogP contribution in [0.4, 0.5) is 5.69 Å². The van der Waals surface area contributed by atoms with Crippen molar-refractivity contribution < 1.29 is 14.3 Å². The lowest BCUT2D eigenvalue weighted by Gasteiger charge is -2.34. The second-order valence-corrected chi connectivity index (χ2v) is 9.42. The summed E-state index contributed by atoms with van der Waals surface area (Å²) in [6, 6.07) is 9.90. The van der Waals surface area contributed by atoms with Crippen molar-refractivity contribution in [2.75, 3.05) is 51.8 Å². The molecule has 2 aromatic carbocycles. The first-order valence-electron chi connectivity index (χ1n) is 12.5. The molecule has 1 N–H and O–H groups in total. The number of methoxy groups -OCH3 is 1. The third-order valence-corrected chi connectivity index (χ3v) is 6.78. The summed E-state index contributed by atoms with van der Waals surface area (Å²) in [6.45, 7) is 10.4. The number of rotatable bonds is 8. The monoisotopic (exact) mass is 491 g/mol. The SMILES string of the molecule is CCOc1cc([C@@H](C)NC(=O)c2cc(N3CCN(C)CC3)ccc2C)cc(-c2cnn(C)c2)c1OC. The van der Waals surface area contributed by atoms with Crippen molar-refractivity contribution in [2.24, 2.45) is 7.05 Å². The number of nitrogens with one attached hydrogen (secondary N) is 1. The molecule has 36 heavy (non-hydrogen) atoms. The number of anilines is 1. The van der Waals surface area contributed by atoms with E-state index < -0.39 is 0 Å². The normalized spacial score (nSPS) is 15.0. The lowest BCUT2D eigenvalue weighted by Crippen LogP contribution is -2.44. The van der Waals surface area contributed by atoms with Crippen LogP contribution in [0.25, 0.3) is 11.1 Å². The molecule has 4 rings (SSSR count). The number of ether oxygens (including phenoxy) is 2. The molecule has 8 nitrogen and oxygen atoms in total. The number of nitrogens with zero attached hydrogens (tertiary/aromatic N) is 4. The molecule has 0 saturated carbocycles. The number of aryl methyl sites for hydroxylation is 2. The molecular weight excluding hydrogens is 454 g/mol. The minimum Gasteiger partial charge on any atom is -0.492 e. The molecule has 2 heterocycles. The molecule has 1 aliphatic rings. The molecule has 1 saturated heterocycles. The lowest BCUT2D eigenvalue weighted by atomic mass is 9.99. The van der Waals surface area contributed by atoms with Crippen molar-refractivity contribution >= 4 is 11.6 Å². The fraction of sp³-hybridized carbons (Fsp3) is 0.429. The van der Waals surface area contributed by atoms with Gasteiger partial charge in [-0.05, 0) is 63.2 Å². The summed E-state index contributed by atoms with van der Waals surface area (Å²) in [7, 11) is 5.66. The van der Waals surface area contributed by atoms with E-state index in [1.165, 1.54) is 0 Å². The van der Waals surface area contributed by atoms with Crippen molar-refractivity contribution in [3.05, 3.63) is 59.4 Å². The molecule has 0 aliphatic carbocycles. The van der Waals surface area contributed by atoms with Gasteiger partial charge in [-0.2, -0.15) is 5.10 Å². The highest BCUT2D eigenvalue weighted by Gasteiger charge is 2.21. The van der Waals surface area contributed by atoms with Crippen LogP contribution in [-0.2, 0) is 7.05 Å². The summed E-state index contributed by atoms with van der Waals surface area (Å²) in [4.78, 5) is 18.1. The zero-order valence-electron chi connectivity index (χ0n) is 22.2. The maximum atomic E-state index is 13.4. The van der Waals surface area contributed by atoms with Gasteiger partial charge in [-0.15, -0.1) is 0 Å². The Morgan fingerprint density at radius 3 is 2.53 bits per heavy atom. The molecule has 0 unspecified atom stereocenters. The smallest absolute Gasteiger partial charge is 0.252 e. The van der Waals surface area contributed by atoms with Gasteiger partial charge < -0.3 is 24.6 Å². The van der Waals surface area contributed by atoms with E-state index in [4.69, 9.17) is 9.47 Å². The van der Waals surface area contributed by atoms with Gasteiger partial charge in [0.05, 0.1) is 26.0 Å². The van der Waals surface area contributed by atoms with Crippen LogP contribution in [0.1, 0.15) is 41.4 Å². The lowest BCUT2D eigenvalue weighted by molar-refractivity contribution is 0.0939. The summed E-state index contributed by atoms with van der Waals surface area (Å²) in [6.07, 6.45) is 3.74. The topological polar surface area (TPSA) is 71.9 Å². The third kappa shape index (κ3) is 5.49. The number of hydrogen-bond donors (Lipinski definition) is 1. The Bertz CT molecular complexity index is 1210. The van der Waals surface area contributed by atoms with Gasteiger partial charge in [0.15, 0.2) is 11.5 Å². The Labute approximate surface area is 213 Å². The Morgan fingerprint density at radius 2 is 1.89 bits per heavy atom. The molecule has 8 heteroatoms. The second-order valence-electron chi connectivity index (χ2n) is 9.42. The summed E-state index contributed by atoms with van der Waals surface area (Å²) in [5.41, 5.74) is 5.47. The van der Waals surface area contributed by atoms with Crippen LogP contribution in [0.3, 0.4) is 0 Å². The first-order chi connectivity index (χ1) is 17.3. The second kappa shape index (κ2) is 11.0. The van der Waals surface area contributed by atoms with Gasteiger partial charge in [0.1, 0.15) is 0 Å². The molecule has 0 spiro atoms. The minimum absolute atomic E-state index is 0.0901. The van der Waals surface area contributed by atoms with E-state index >= 15 is 0 Å². The van der Waals surface area contributed by atoms with E-state index in [2.05, 4.69) is 33.3 Å². The van der Waals surface area contributed by atoms with Crippen LogP contribution in [0.5, 0.6) is 11.5 Å². The molecule has 1 aliphatic heterocycles. The first-order valence-corrected chi connectivity index (χ1v) is 12.5. The van der Waals surface area contributed by atoms with Crippen molar-refractivity contribution in [2.45, 2.75) is 26.8 Å². The van der Waals surface area contributed by atoms with Crippen molar-refractivity contribution in [3.63, 3.8) is 0 Å². The fourth-order valence-corrected chi connectivity index (χ4v) is 4.60. The van der Waals surface area contributed by atoms with Gasteiger partial charge in [-0.3, -0.25) is 9.48 Å². The number of carbonyl (C=O) groups is 1. The number of aromatic nitrogens is 2. The van der Waals surface area contributed by atoms with E-state index in [0.29, 0.717) is 23.7 Å². The molecule has 1 atom stereocenters. The summed E-state index contributed by atoms with van der Waals surface area (Å²) >= 11 is 0. The highest BCUT2D eigenvalue weighted by atomic mass is 16.5. The molecule has 1 amide bonds. The molecule has 0 bridgehead atoms. The highest BCUT2D eigenvalue weighted by molar-refractivity contribution is 5.97. The first kappa shape index (κ1) is 25.6. The van der Waals surface area contributed by atoms with E-state index in [9.17, 15) is 4.79 Å². The van der Waals surface area contributed by atoms with Crippen LogP contribution >= 0.6 is 0 Å². The summed E-state index contributed by atoms with van der Waals surface area (Å²) in [5.74, 6) is 1.21. The summed E-state index contributed by atoms with van der Waals surface area (Å²) < 4.78 is 13.4. The van der Waals surface area contributed by atoms with Crippen LogP contribution in [0.15, 0.2) is 42.7 Å². The van der Waals surface area contributed by atoms with Gasteiger partial charge in [0.25, 0.3) is 5.91 Å². The minimum atomic E-state index is -0.246. The quantitative estimate of drug-likeness (QED) is 0.513. The number of hydrogen-bond acceptors (Lipinski definition) is 6. The molecule has 3 aromatic rings. The van der Waals surface area contributed by atoms with E-state index in [0.717, 1.165) is 54.1 Å². The Kier molecular flexibility index (Phi) is 7.84. The number of benzene rings is 2. The zero-order valence-corrected chi connectivity index (χ0v) is 22.2. The molecule has 0 radical (unpaired) electrons. The number of likely N-dealkylation sites (N-methyl/N-ethyl adjacent to an activating group) is 1. The number of piperazine rings is 1.